The number of ketones is 1. The molecule has 1 fully saturated rings. The fourth-order valence-electron chi connectivity index (χ4n) is 3.90. The minimum absolute atomic E-state index is 0.0731. The lowest BCUT2D eigenvalue weighted by molar-refractivity contribution is -0.123. The molecule has 2 N–H and O–H groups in total. The second-order valence-corrected chi connectivity index (χ2v) is 7.75. The normalized spacial score (nSPS) is 17.8. The van der Waals surface area contributed by atoms with Crippen LogP contribution in [-0.2, 0) is 14.3 Å². The van der Waals surface area contributed by atoms with Gasteiger partial charge in [0.25, 0.3) is 5.91 Å². The molecule has 2 aliphatic heterocycles. The van der Waals surface area contributed by atoms with Crippen molar-refractivity contribution >= 4 is 40.6 Å². The van der Waals surface area contributed by atoms with Crippen LogP contribution in [0.1, 0.15) is 47.4 Å². The summed E-state index contributed by atoms with van der Waals surface area (Å²) in [6, 6.07) is 11.4. The molecule has 4 rings (SSSR count). The second-order valence-electron chi connectivity index (χ2n) is 7.75. The number of rotatable bonds is 5. The number of Topliss-reactive ketones (excluding diaryl/α,β-unsaturated/α-hetero) is 1. The molecule has 0 radical (unpaired) electrons. The van der Waals surface area contributed by atoms with Crippen molar-refractivity contribution in [1.82, 2.24) is 0 Å². The number of nitrogens with zero attached hydrogens (tertiary/aromatic N) is 1. The Hall–Kier alpha value is -3.68. The van der Waals surface area contributed by atoms with E-state index in [2.05, 4.69) is 15.5 Å². The van der Waals surface area contributed by atoms with Crippen LogP contribution >= 0.6 is 0 Å². The zero-order valence-electron chi connectivity index (χ0n) is 17.3. The van der Waals surface area contributed by atoms with Gasteiger partial charge in [0, 0.05) is 17.8 Å². The number of ether oxygens (including phenoxy) is 1. The number of anilines is 3. The van der Waals surface area contributed by atoms with Crippen LogP contribution in [0.5, 0.6) is 0 Å². The summed E-state index contributed by atoms with van der Waals surface area (Å²) in [4.78, 5) is 50.8. The molecule has 160 valence electrons. The van der Waals surface area contributed by atoms with Crippen molar-refractivity contribution in [1.29, 1.82) is 0 Å². The first-order valence-corrected chi connectivity index (χ1v) is 10.2. The molecule has 0 unspecified atom stereocenters. The molecule has 0 aliphatic carbocycles. The Kier molecular flexibility index (Phi) is 5.46. The van der Waals surface area contributed by atoms with E-state index in [-0.39, 0.29) is 23.3 Å². The Morgan fingerprint density at radius 1 is 1.16 bits per heavy atom. The molecule has 2 heterocycles. The lowest BCUT2D eigenvalue weighted by atomic mass is 10.1. The Balaban J connectivity index is 1.43. The summed E-state index contributed by atoms with van der Waals surface area (Å²) < 4.78 is 5.31. The number of hydrogen-bond acceptors (Lipinski definition) is 6. The summed E-state index contributed by atoms with van der Waals surface area (Å²) in [5.41, 5.74) is 2.61. The molecular weight excluding hydrogens is 398 g/mol. The molecule has 31 heavy (non-hydrogen) atoms. The largest absolute Gasteiger partial charge is 0.449 e. The van der Waals surface area contributed by atoms with Crippen LogP contribution in [0.2, 0.25) is 0 Å². The SMILES string of the molecule is CC(=O)c1cccc(NC(=O)[C@H](C)OC(=O)c2ccc3c(c2)NC(=O)[C@H]2CCCN32)c1. The smallest absolute Gasteiger partial charge is 0.338 e. The Morgan fingerprint density at radius 3 is 2.74 bits per heavy atom. The van der Waals surface area contributed by atoms with Crippen molar-refractivity contribution in [2.24, 2.45) is 0 Å². The zero-order valence-corrected chi connectivity index (χ0v) is 17.3. The highest BCUT2D eigenvalue weighted by atomic mass is 16.5. The average molecular weight is 421 g/mol. The van der Waals surface area contributed by atoms with E-state index in [1.807, 2.05) is 0 Å². The van der Waals surface area contributed by atoms with Crippen LogP contribution in [0.3, 0.4) is 0 Å². The zero-order chi connectivity index (χ0) is 22.1. The summed E-state index contributed by atoms with van der Waals surface area (Å²) in [6.45, 7) is 3.71. The number of hydrogen-bond donors (Lipinski definition) is 2. The predicted octanol–water partition coefficient (Wildman–Crippen LogP) is 2.99. The highest BCUT2D eigenvalue weighted by molar-refractivity contribution is 6.06. The van der Waals surface area contributed by atoms with Crippen molar-refractivity contribution in [2.75, 3.05) is 22.1 Å². The van der Waals surface area contributed by atoms with Gasteiger partial charge in [-0.1, -0.05) is 12.1 Å². The molecule has 8 heteroatoms. The monoisotopic (exact) mass is 421 g/mol. The van der Waals surface area contributed by atoms with Crippen molar-refractivity contribution in [3.8, 4) is 0 Å². The minimum atomic E-state index is -1.05. The first kappa shape index (κ1) is 20.6. The molecule has 2 amide bonds. The maximum atomic E-state index is 12.6. The summed E-state index contributed by atoms with van der Waals surface area (Å²) >= 11 is 0. The quantitative estimate of drug-likeness (QED) is 0.568. The Bertz CT molecular complexity index is 1080. The van der Waals surface area contributed by atoms with Gasteiger partial charge in [-0.15, -0.1) is 0 Å². The van der Waals surface area contributed by atoms with Crippen LogP contribution in [0.15, 0.2) is 42.5 Å². The number of esters is 1. The van der Waals surface area contributed by atoms with Crippen molar-refractivity contribution < 1.29 is 23.9 Å². The van der Waals surface area contributed by atoms with Gasteiger partial charge in [-0.25, -0.2) is 4.79 Å². The summed E-state index contributed by atoms with van der Waals surface area (Å²) in [5.74, 6) is -1.37. The number of carbonyl (C=O) groups excluding carboxylic acids is 4. The van der Waals surface area contributed by atoms with Gasteiger partial charge in [0.15, 0.2) is 11.9 Å². The number of carbonyl (C=O) groups is 4. The predicted molar refractivity (Wildman–Crippen MR) is 115 cm³/mol. The fraction of sp³-hybridized carbons (Fsp3) is 0.304. The fourth-order valence-corrected chi connectivity index (χ4v) is 3.90. The molecule has 0 aromatic heterocycles. The molecule has 0 saturated carbocycles. The topological polar surface area (TPSA) is 105 Å². The maximum Gasteiger partial charge on any atom is 0.338 e. The lowest BCUT2D eigenvalue weighted by Gasteiger charge is -2.33. The molecule has 2 aromatic carbocycles. The summed E-state index contributed by atoms with van der Waals surface area (Å²) in [6.07, 6.45) is 0.711. The first-order valence-electron chi connectivity index (χ1n) is 10.2. The third-order valence-corrected chi connectivity index (χ3v) is 5.54. The standard InChI is InChI=1S/C23H23N3O5/c1-13(27)15-5-3-6-17(11-15)24-21(28)14(2)31-23(30)16-8-9-19-18(12-16)25-22(29)20-7-4-10-26(19)20/h3,5-6,8-9,11-12,14,20H,4,7,10H2,1-2H3,(H,24,28)(H,25,29)/t14-,20+/m0/s1. The van der Waals surface area contributed by atoms with E-state index in [0.717, 1.165) is 25.1 Å². The third kappa shape index (κ3) is 4.14. The average Bonchev–Trinajstić information content (AvgIpc) is 3.24. The Morgan fingerprint density at radius 2 is 1.97 bits per heavy atom. The van der Waals surface area contributed by atoms with Gasteiger partial charge < -0.3 is 20.3 Å². The molecule has 8 nitrogen and oxygen atoms in total. The molecule has 2 atom stereocenters. The van der Waals surface area contributed by atoms with Crippen molar-refractivity contribution in [3.05, 3.63) is 53.6 Å². The molecule has 1 saturated heterocycles. The van der Waals surface area contributed by atoms with Crippen LogP contribution in [0.4, 0.5) is 17.1 Å². The first-order chi connectivity index (χ1) is 14.8. The molecular formula is C23H23N3O5. The second kappa shape index (κ2) is 8.22. The van der Waals surface area contributed by atoms with E-state index in [1.54, 1.807) is 42.5 Å². The van der Waals surface area contributed by atoms with E-state index in [0.29, 0.717) is 16.9 Å². The van der Waals surface area contributed by atoms with Crippen LogP contribution in [-0.4, -0.2) is 42.3 Å². The lowest BCUT2D eigenvalue weighted by Crippen LogP contribution is -2.43. The van der Waals surface area contributed by atoms with Gasteiger partial charge in [0.1, 0.15) is 6.04 Å². The molecule has 2 aromatic rings. The number of amides is 2. The van der Waals surface area contributed by atoms with Gasteiger partial charge in [-0.2, -0.15) is 0 Å². The van der Waals surface area contributed by atoms with E-state index in [1.165, 1.54) is 13.8 Å². The Labute approximate surface area is 179 Å². The summed E-state index contributed by atoms with van der Waals surface area (Å²) in [7, 11) is 0. The van der Waals surface area contributed by atoms with E-state index < -0.39 is 18.0 Å². The van der Waals surface area contributed by atoms with Crippen molar-refractivity contribution in [3.63, 3.8) is 0 Å². The van der Waals surface area contributed by atoms with Crippen LogP contribution in [0, 0.1) is 0 Å². The van der Waals surface area contributed by atoms with E-state index in [9.17, 15) is 19.2 Å². The molecule has 2 aliphatic rings. The maximum absolute atomic E-state index is 12.6. The molecule has 0 spiro atoms. The van der Waals surface area contributed by atoms with Crippen LogP contribution in [0.25, 0.3) is 0 Å². The number of fused-ring (bicyclic) bond motifs is 3. The highest BCUT2D eigenvalue weighted by Gasteiger charge is 2.36. The van der Waals surface area contributed by atoms with E-state index >= 15 is 0 Å². The van der Waals surface area contributed by atoms with Gasteiger partial charge in [-0.05, 0) is 57.0 Å². The number of nitrogens with one attached hydrogen (secondary N) is 2. The number of benzene rings is 2. The van der Waals surface area contributed by atoms with Gasteiger partial charge >= 0.3 is 5.97 Å². The van der Waals surface area contributed by atoms with Crippen molar-refractivity contribution in [2.45, 2.75) is 38.8 Å². The summed E-state index contributed by atoms with van der Waals surface area (Å²) in [5, 5.41) is 5.50. The van der Waals surface area contributed by atoms with Gasteiger partial charge in [-0.3, -0.25) is 14.4 Å². The highest BCUT2D eigenvalue weighted by Crippen LogP contribution is 2.37. The molecule has 0 bridgehead atoms. The van der Waals surface area contributed by atoms with E-state index in [4.69, 9.17) is 4.74 Å². The third-order valence-electron chi connectivity index (χ3n) is 5.54. The van der Waals surface area contributed by atoms with Gasteiger partial charge in [0.05, 0.1) is 16.9 Å². The van der Waals surface area contributed by atoms with Crippen LogP contribution < -0.4 is 15.5 Å². The van der Waals surface area contributed by atoms with Gasteiger partial charge in [0.2, 0.25) is 5.91 Å². The minimum Gasteiger partial charge on any atom is -0.449 e.